The second-order valence-electron chi connectivity index (χ2n) is 3.36. The summed E-state index contributed by atoms with van der Waals surface area (Å²) in [7, 11) is 0. The molecule has 0 aliphatic carbocycles. The molecule has 1 atom stereocenters. The van der Waals surface area contributed by atoms with Crippen LogP contribution in [0.3, 0.4) is 0 Å². The average Bonchev–Trinajstić information content (AvgIpc) is 2.31. The van der Waals surface area contributed by atoms with Crippen LogP contribution in [0.1, 0.15) is 12.0 Å². The third-order valence-corrected chi connectivity index (χ3v) is 2.18. The highest BCUT2D eigenvalue weighted by atomic mass is 16.5. The van der Waals surface area contributed by atoms with Gasteiger partial charge in [-0.2, -0.15) is 0 Å². The van der Waals surface area contributed by atoms with Crippen LogP contribution in [0.4, 0.5) is 0 Å². The monoisotopic (exact) mass is 204 g/mol. The maximum absolute atomic E-state index is 10.5. The van der Waals surface area contributed by atoms with Crippen LogP contribution in [-0.2, 0) is 16.1 Å². The maximum atomic E-state index is 10.5. The number of hydrogen-bond donors (Lipinski definition) is 0. The van der Waals surface area contributed by atoms with Crippen LogP contribution in [0.2, 0.25) is 0 Å². The second kappa shape index (κ2) is 6.96. The summed E-state index contributed by atoms with van der Waals surface area (Å²) in [5.41, 5.74) is 1.15. The Balaban J connectivity index is 2.17. The van der Waals surface area contributed by atoms with Gasteiger partial charge in [0.2, 0.25) is 0 Å². The highest BCUT2D eigenvalue weighted by molar-refractivity contribution is 5.56. The van der Waals surface area contributed by atoms with Gasteiger partial charge in [0.25, 0.3) is 0 Å². The fourth-order valence-electron chi connectivity index (χ4n) is 1.23. The van der Waals surface area contributed by atoms with E-state index in [2.05, 4.69) is 6.58 Å². The van der Waals surface area contributed by atoms with Crippen molar-refractivity contribution in [2.75, 3.05) is 6.61 Å². The normalized spacial score (nSPS) is 12.0. The molecule has 0 heterocycles. The van der Waals surface area contributed by atoms with Crippen LogP contribution in [0.15, 0.2) is 43.0 Å². The van der Waals surface area contributed by atoms with E-state index in [1.165, 1.54) is 0 Å². The van der Waals surface area contributed by atoms with Gasteiger partial charge >= 0.3 is 0 Å². The number of ether oxygens (including phenoxy) is 1. The molecule has 0 spiro atoms. The van der Waals surface area contributed by atoms with Crippen molar-refractivity contribution < 1.29 is 9.53 Å². The molecule has 0 fully saturated rings. The molecule has 0 aromatic heterocycles. The molecule has 0 aliphatic heterocycles. The number of aldehydes is 1. The van der Waals surface area contributed by atoms with E-state index in [1.54, 1.807) is 6.08 Å². The Bertz CT molecular complexity index is 285. The molecular formula is C13H16O2. The lowest BCUT2D eigenvalue weighted by Crippen LogP contribution is -2.03. The van der Waals surface area contributed by atoms with E-state index in [-0.39, 0.29) is 5.92 Å². The highest BCUT2D eigenvalue weighted by Crippen LogP contribution is 2.04. The van der Waals surface area contributed by atoms with E-state index in [1.807, 2.05) is 30.3 Å². The summed E-state index contributed by atoms with van der Waals surface area (Å²) in [6.07, 6.45) is 3.26. The first-order valence-electron chi connectivity index (χ1n) is 5.06. The van der Waals surface area contributed by atoms with E-state index in [0.29, 0.717) is 19.6 Å². The summed E-state index contributed by atoms with van der Waals surface area (Å²) in [5.74, 6) is -0.0826. The predicted molar refractivity (Wildman–Crippen MR) is 60.5 cm³/mol. The molecule has 0 saturated heterocycles. The lowest BCUT2D eigenvalue weighted by atomic mass is 10.1. The van der Waals surface area contributed by atoms with Gasteiger partial charge in [-0.15, -0.1) is 6.58 Å². The Kier molecular flexibility index (Phi) is 5.41. The summed E-state index contributed by atoms with van der Waals surface area (Å²) in [6, 6.07) is 9.98. The SMILES string of the molecule is C=C[C@H](C=O)CCOCc1ccccc1. The van der Waals surface area contributed by atoms with E-state index < -0.39 is 0 Å². The minimum absolute atomic E-state index is 0.0826. The highest BCUT2D eigenvalue weighted by Gasteiger charge is 2.01. The summed E-state index contributed by atoms with van der Waals surface area (Å²) in [5, 5.41) is 0. The Labute approximate surface area is 90.6 Å². The molecule has 0 radical (unpaired) electrons. The fraction of sp³-hybridized carbons (Fsp3) is 0.308. The predicted octanol–water partition coefficient (Wildman–Crippen LogP) is 2.59. The first-order valence-corrected chi connectivity index (χ1v) is 5.06. The van der Waals surface area contributed by atoms with Crippen molar-refractivity contribution in [1.82, 2.24) is 0 Å². The molecule has 80 valence electrons. The van der Waals surface area contributed by atoms with Crippen molar-refractivity contribution in [2.24, 2.45) is 5.92 Å². The summed E-state index contributed by atoms with van der Waals surface area (Å²) in [6.45, 7) is 4.77. The van der Waals surface area contributed by atoms with Crippen LogP contribution in [0.25, 0.3) is 0 Å². The zero-order chi connectivity index (χ0) is 10.9. The van der Waals surface area contributed by atoms with Crippen LogP contribution in [-0.4, -0.2) is 12.9 Å². The number of carbonyl (C=O) groups is 1. The number of benzene rings is 1. The van der Waals surface area contributed by atoms with Gasteiger partial charge in [-0.3, -0.25) is 0 Å². The first kappa shape index (κ1) is 11.7. The lowest BCUT2D eigenvalue weighted by molar-refractivity contribution is -0.110. The van der Waals surface area contributed by atoms with E-state index in [4.69, 9.17) is 4.74 Å². The molecule has 0 amide bonds. The Morgan fingerprint density at radius 1 is 1.33 bits per heavy atom. The van der Waals surface area contributed by atoms with Gasteiger partial charge in [0.15, 0.2) is 0 Å². The molecule has 0 saturated carbocycles. The Morgan fingerprint density at radius 2 is 2.07 bits per heavy atom. The molecule has 15 heavy (non-hydrogen) atoms. The molecule has 0 unspecified atom stereocenters. The van der Waals surface area contributed by atoms with E-state index >= 15 is 0 Å². The second-order valence-corrected chi connectivity index (χ2v) is 3.36. The lowest BCUT2D eigenvalue weighted by Gasteiger charge is -2.06. The summed E-state index contributed by atoms with van der Waals surface area (Å²) >= 11 is 0. The summed E-state index contributed by atoms with van der Waals surface area (Å²) < 4.78 is 5.45. The largest absolute Gasteiger partial charge is 0.377 e. The van der Waals surface area contributed by atoms with Crippen molar-refractivity contribution in [2.45, 2.75) is 13.0 Å². The van der Waals surface area contributed by atoms with Gasteiger partial charge in [-0.25, -0.2) is 0 Å². The van der Waals surface area contributed by atoms with Crippen LogP contribution >= 0.6 is 0 Å². The molecule has 1 aromatic rings. The van der Waals surface area contributed by atoms with Gasteiger partial charge in [0.05, 0.1) is 6.61 Å². The molecule has 0 aliphatic rings. The molecule has 0 bridgehead atoms. The minimum Gasteiger partial charge on any atom is -0.377 e. The van der Waals surface area contributed by atoms with Gasteiger partial charge in [-0.05, 0) is 12.0 Å². The van der Waals surface area contributed by atoms with Crippen LogP contribution in [0.5, 0.6) is 0 Å². The van der Waals surface area contributed by atoms with Crippen molar-refractivity contribution in [3.8, 4) is 0 Å². The van der Waals surface area contributed by atoms with Gasteiger partial charge in [0, 0.05) is 12.5 Å². The zero-order valence-electron chi connectivity index (χ0n) is 8.76. The average molecular weight is 204 g/mol. The quantitative estimate of drug-likeness (QED) is 0.387. The van der Waals surface area contributed by atoms with Crippen molar-refractivity contribution in [1.29, 1.82) is 0 Å². The number of carbonyl (C=O) groups excluding carboxylic acids is 1. The minimum atomic E-state index is -0.0826. The molecule has 0 N–H and O–H groups in total. The van der Waals surface area contributed by atoms with Crippen molar-refractivity contribution >= 4 is 6.29 Å². The maximum Gasteiger partial charge on any atom is 0.126 e. The molecular weight excluding hydrogens is 188 g/mol. The van der Waals surface area contributed by atoms with E-state index in [0.717, 1.165) is 11.8 Å². The van der Waals surface area contributed by atoms with Crippen molar-refractivity contribution in [3.63, 3.8) is 0 Å². The van der Waals surface area contributed by atoms with Crippen LogP contribution in [0, 0.1) is 5.92 Å². The van der Waals surface area contributed by atoms with Crippen molar-refractivity contribution in [3.05, 3.63) is 48.6 Å². The Hall–Kier alpha value is -1.41. The standard InChI is InChI=1S/C13H16O2/c1-2-12(10-14)8-9-15-11-13-6-4-3-5-7-13/h2-7,10,12H,1,8-9,11H2/t12-/m0/s1. The fourth-order valence-corrected chi connectivity index (χ4v) is 1.23. The molecule has 2 heteroatoms. The third-order valence-electron chi connectivity index (χ3n) is 2.18. The first-order chi connectivity index (χ1) is 7.36. The number of rotatable bonds is 7. The number of allylic oxidation sites excluding steroid dienone is 1. The summed E-state index contributed by atoms with van der Waals surface area (Å²) in [4.78, 5) is 10.5. The molecule has 1 aromatic carbocycles. The number of hydrogen-bond acceptors (Lipinski definition) is 2. The molecule has 1 rings (SSSR count). The third kappa shape index (κ3) is 4.56. The van der Waals surface area contributed by atoms with Gasteiger partial charge in [-0.1, -0.05) is 36.4 Å². The topological polar surface area (TPSA) is 26.3 Å². The Morgan fingerprint density at radius 3 is 2.67 bits per heavy atom. The van der Waals surface area contributed by atoms with E-state index in [9.17, 15) is 4.79 Å². The van der Waals surface area contributed by atoms with Crippen LogP contribution < -0.4 is 0 Å². The van der Waals surface area contributed by atoms with Gasteiger partial charge in [0.1, 0.15) is 6.29 Å². The zero-order valence-corrected chi connectivity index (χ0v) is 8.76. The smallest absolute Gasteiger partial charge is 0.126 e. The molecule has 2 nitrogen and oxygen atoms in total. The van der Waals surface area contributed by atoms with Gasteiger partial charge < -0.3 is 9.53 Å².